The molecule has 0 saturated carbocycles. The van der Waals surface area contributed by atoms with Crippen LogP contribution in [0.3, 0.4) is 0 Å². The van der Waals surface area contributed by atoms with Crippen LogP contribution in [0.5, 0.6) is 0 Å². The molecular weight excluding hydrogens is 515 g/mol. The summed E-state index contributed by atoms with van der Waals surface area (Å²) in [7, 11) is -3.83. The molecule has 34 heavy (non-hydrogen) atoms. The Labute approximate surface area is 214 Å². The van der Waals surface area contributed by atoms with Crippen LogP contribution in [0, 0.1) is 0 Å². The molecule has 0 amide bonds. The molecule has 0 spiro atoms. The van der Waals surface area contributed by atoms with Crippen molar-refractivity contribution >= 4 is 55.9 Å². The predicted molar refractivity (Wildman–Crippen MR) is 140 cm³/mol. The number of aromatic nitrogens is 2. The fourth-order valence-corrected chi connectivity index (χ4v) is 5.71. The molecule has 1 atom stereocenters. The Morgan fingerprint density at radius 2 is 1.65 bits per heavy atom. The van der Waals surface area contributed by atoms with Gasteiger partial charge in [0, 0.05) is 18.9 Å². The highest BCUT2D eigenvalue weighted by Gasteiger charge is 2.47. The number of hydrogen-bond donors (Lipinski definition) is 1. The Morgan fingerprint density at radius 3 is 2.21 bits per heavy atom. The zero-order valence-corrected chi connectivity index (χ0v) is 21.8. The van der Waals surface area contributed by atoms with E-state index in [1.807, 2.05) is 36.4 Å². The highest BCUT2D eigenvalue weighted by Crippen LogP contribution is 2.47. The molecule has 2 aromatic carbocycles. The van der Waals surface area contributed by atoms with E-state index in [2.05, 4.69) is 4.98 Å². The Balaban J connectivity index is 2.02. The average Bonchev–Trinajstić information content (AvgIpc) is 3.18. The van der Waals surface area contributed by atoms with E-state index in [-0.39, 0.29) is 17.9 Å². The number of halogens is 3. The largest absolute Gasteiger partial charge is 0.384 e. The summed E-state index contributed by atoms with van der Waals surface area (Å²) in [6.45, 7) is 3.18. The van der Waals surface area contributed by atoms with Crippen LogP contribution < -0.4 is 0 Å². The highest BCUT2D eigenvalue weighted by atomic mass is 35.5. The third-order valence-electron chi connectivity index (χ3n) is 5.75. The van der Waals surface area contributed by atoms with Crippen molar-refractivity contribution < 1.29 is 13.5 Å². The molecule has 0 fully saturated rings. The van der Waals surface area contributed by atoms with E-state index < -0.39 is 19.6 Å². The van der Waals surface area contributed by atoms with Gasteiger partial charge in [-0.1, -0.05) is 77.3 Å². The lowest BCUT2D eigenvalue weighted by Gasteiger charge is -2.33. The Kier molecular flexibility index (Phi) is 6.51. The number of benzene rings is 2. The Hall–Kier alpha value is -2.09. The molecule has 1 aliphatic rings. The van der Waals surface area contributed by atoms with Crippen LogP contribution in [-0.2, 0) is 15.4 Å². The number of sulfone groups is 1. The third kappa shape index (κ3) is 4.45. The average molecular weight is 538 g/mol. The van der Waals surface area contributed by atoms with Gasteiger partial charge < -0.3 is 9.67 Å². The van der Waals surface area contributed by atoms with Gasteiger partial charge in [0.15, 0.2) is 14.0 Å². The first-order valence-corrected chi connectivity index (χ1v) is 13.5. The van der Waals surface area contributed by atoms with Gasteiger partial charge in [0.05, 0.1) is 27.0 Å². The number of allylic oxidation sites excluding steroid dienone is 3. The molecule has 0 radical (unpaired) electrons. The van der Waals surface area contributed by atoms with Gasteiger partial charge in [-0.15, -0.1) is 0 Å². The summed E-state index contributed by atoms with van der Waals surface area (Å²) in [5.41, 5.74) is 1.34. The number of imidazole rings is 1. The first-order chi connectivity index (χ1) is 15.8. The van der Waals surface area contributed by atoms with Crippen molar-refractivity contribution in [1.29, 1.82) is 0 Å². The van der Waals surface area contributed by atoms with Crippen LogP contribution in [0.15, 0.2) is 66.9 Å². The van der Waals surface area contributed by atoms with E-state index in [1.54, 1.807) is 48.9 Å². The second kappa shape index (κ2) is 8.85. The number of nitrogens with zero attached hydrogens (tertiary/aromatic N) is 2. The van der Waals surface area contributed by atoms with Crippen LogP contribution in [0.4, 0.5) is 0 Å². The molecule has 1 unspecified atom stereocenters. The van der Waals surface area contributed by atoms with E-state index in [0.29, 0.717) is 21.3 Å². The summed E-state index contributed by atoms with van der Waals surface area (Å²) < 4.78 is 26.0. The first-order valence-electron chi connectivity index (χ1n) is 10.5. The number of rotatable bonds is 5. The van der Waals surface area contributed by atoms with E-state index in [1.165, 1.54) is 0 Å². The fourth-order valence-electron chi connectivity index (χ4n) is 3.88. The number of aliphatic hydroxyl groups is 1. The second-order valence-electron chi connectivity index (χ2n) is 8.76. The first kappa shape index (κ1) is 25.0. The van der Waals surface area contributed by atoms with Crippen LogP contribution >= 0.6 is 34.8 Å². The van der Waals surface area contributed by atoms with Crippen molar-refractivity contribution in [3.8, 4) is 11.4 Å². The molecule has 1 heterocycles. The SMILES string of the molecule is CC(C)(O)c1cn(C2=CC=C(c3ccccc3)CC2(Cl)S(C)(=O)=O)c(-c2c(Cl)cccc2Cl)n1. The van der Waals surface area contributed by atoms with Gasteiger partial charge in [0.1, 0.15) is 11.4 Å². The Morgan fingerprint density at radius 1 is 1.03 bits per heavy atom. The lowest BCUT2D eigenvalue weighted by molar-refractivity contribution is 0.0743. The zero-order chi connectivity index (χ0) is 24.9. The maximum absolute atomic E-state index is 13.1. The monoisotopic (exact) mass is 536 g/mol. The van der Waals surface area contributed by atoms with Gasteiger partial charge in [0.2, 0.25) is 0 Å². The molecule has 1 N–H and O–H groups in total. The lowest BCUT2D eigenvalue weighted by atomic mass is 9.95. The van der Waals surface area contributed by atoms with Gasteiger partial charge in [-0.25, -0.2) is 13.4 Å². The van der Waals surface area contributed by atoms with Gasteiger partial charge in [0.25, 0.3) is 0 Å². The molecule has 0 aliphatic heterocycles. The molecule has 5 nitrogen and oxygen atoms in total. The quantitative estimate of drug-likeness (QED) is 0.383. The summed E-state index contributed by atoms with van der Waals surface area (Å²) in [6, 6.07) is 14.5. The maximum atomic E-state index is 13.1. The molecule has 1 aliphatic carbocycles. The van der Waals surface area contributed by atoms with Crippen molar-refractivity contribution in [2.75, 3.05) is 6.26 Å². The zero-order valence-electron chi connectivity index (χ0n) is 18.8. The van der Waals surface area contributed by atoms with Crippen LogP contribution in [-0.4, -0.2) is 33.5 Å². The van der Waals surface area contributed by atoms with Gasteiger partial charge in [-0.05, 0) is 43.2 Å². The van der Waals surface area contributed by atoms with Gasteiger partial charge >= 0.3 is 0 Å². The van der Waals surface area contributed by atoms with Crippen molar-refractivity contribution in [1.82, 2.24) is 9.55 Å². The molecule has 1 aromatic heterocycles. The van der Waals surface area contributed by atoms with Gasteiger partial charge in [-0.2, -0.15) is 0 Å². The van der Waals surface area contributed by atoms with E-state index in [4.69, 9.17) is 34.8 Å². The van der Waals surface area contributed by atoms with Crippen LogP contribution in [0.25, 0.3) is 22.7 Å². The summed E-state index contributed by atoms with van der Waals surface area (Å²) in [5.74, 6) is 0.282. The van der Waals surface area contributed by atoms with Gasteiger partial charge in [-0.3, -0.25) is 0 Å². The van der Waals surface area contributed by atoms with E-state index in [0.717, 1.165) is 17.4 Å². The molecule has 9 heteroatoms. The standard InChI is InChI=1S/C25H23Cl3N2O3S/c1-24(2,31)20-15-30(23(29-20)22-18(26)10-7-11-19(22)27)21-13-12-17(16-8-5-4-6-9-16)14-25(21,28)34(3,32)33/h4-13,15,31H,14H2,1-3H3. The highest BCUT2D eigenvalue weighted by molar-refractivity contribution is 7.94. The predicted octanol–water partition coefficient (Wildman–Crippen LogP) is 6.39. The third-order valence-corrected chi connectivity index (χ3v) is 9.08. The van der Waals surface area contributed by atoms with Crippen LogP contribution in [0.2, 0.25) is 10.0 Å². The molecule has 4 rings (SSSR count). The number of alkyl halides is 1. The molecule has 178 valence electrons. The van der Waals surface area contributed by atoms with Crippen molar-refractivity contribution in [2.45, 2.75) is 30.1 Å². The number of hydrogen-bond acceptors (Lipinski definition) is 4. The van der Waals surface area contributed by atoms with E-state index in [9.17, 15) is 13.5 Å². The minimum absolute atomic E-state index is 0.0367. The summed E-state index contributed by atoms with van der Waals surface area (Å²) >= 11 is 19.9. The summed E-state index contributed by atoms with van der Waals surface area (Å²) in [6.07, 6.45) is 6.24. The minimum atomic E-state index is -3.83. The summed E-state index contributed by atoms with van der Waals surface area (Å²) in [4.78, 5) is 4.60. The fraction of sp³-hybridized carbons (Fsp3) is 0.240. The summed E-state index contributed by atoms with van der Waals surface area (Å²) in [5, 5.41) is 11.3. The lowest BCUT2D eigenvalue weighted by Crippen LogP contribution is -2.37. The van der Waals surface area contributed by atoms with Crippen LogP contribution in [0.1, 0.15) is 31.5 Å². The molecular formula is C25H23Cl3N2O3S. The molecule has 0 bridgehead atoms. The minimum Gasteiger partial charge on any atom is -0.384 e. The molecule has 0 saturated heterocycles. The molecule has 3 aromatic rings. The van der Waals surface area contributed by atoms with E-state index >= 15 is 0 Å². The Bertz CT molecular complexity index is 1400. The topological polar surface area (TPSA) is 72.2 Å². The smallest absolute Gasteiger partial charge is 0.189 e. The van der Waals surface area contributed by atoms with Crippen molar-refractivity contribution in [3.63, 3.8) is 0 Å². The maximum Gasteiger partial charge on any atom is 0.189 e. The van der Waals surface area contributed by atoms with Crippen molar-refractivity contribution in [3.05, 3.63) is 88.2 Å². The van der Waals surface area contributed by atoms with Crippen molar-refractivity contribution in [2.24, 2.45) is 0 Å². The normalized spacial score (nSPS) is 19.0. The second-order valence-corrected chi connectivity index (χ2v) is 12.7.